The van der Waals surface area contributed by atoms with E-state index in [1.54, 1.807) is 0 Å². The summed E-state index contributed by atoms with van der Waals surface area (Å²) in [5, 5.41) is 1.00. The van der Waals surface area contributed by atoms with E-state index in [1.807, 2.05) is 11.8 Å². The molecule has 0 spiro atoms. The van der Waals surface area contributed by atoms with Crippen LogP contribution in [0.5, 0.6) is 0 Å². The third-order valence-corrected chi connectivity index (χ3v) is 4.30. The minimum absolute atomic E-state index is 0.195. The molecule has 1 unspecified atom stereocenters. The van der Waals surface area contributed by atoms with Crippen molar-refractivity contribution in [3.05, 3.63) is 0 Å². The van der Waals surface area contributed by atoms with E-state index in [1.165, 1.54) is 0 Å². The number of amides is 1. The maximum atomic E-state index is 12.5. The number of halogens is 1. The molecule has 0 aromatic rings. The molecule has 0 aromatic heterocycles. The van der Waals surface area contributed by atoms with Crippen LogP contribution in [0.15, 0.2) is 0 Å². The average molecular weight is 319 g/mol. The number of ether oxygens (including phenoxy) is 1. The van der Waals surface area contributed by atoms with Crippen molar-refractivity contribution in [1.82, 2.24) is 9.80 Å². The van der Waals surface area contributed by atoms with Gasteiger partial charge in [0.1, 0.15) is 5.60 Å². The number of hydrogen-bond acceptors (Lipinski definition) is 3. The maximum Gasteiger partial charge on any atom is 0.254 e. The summed E-state index contributed by atoms with van der Waals surface area (Å²) >= 11 is 3.47. The topological polar surface area (TPSA) is 32.8 Å². The molecule has 18 heavy (non-hydrogen) atoms. The Kier molecular flexibility index (Phi) is 5.04. The van der Waals surface area contributed by atoms with Gasteiger partial charge in [0.15, 0.2) is 0 Å². The minimum Gasteiger partial charge on any atom is -0.365 e. The largest absolute Gasteiger partial charge is 0.365 e. The second kappa shape index (κ2) is 6.35. The van der Waals surface area contributed by atoms with Gasteiger partial charge in [-0.05, 0) is 32.7 Å². The Hall–Kier alpha value is -0.130. The van der Waals surface area contributed by atoms with Crippen LogP contribution < -0.4 is 0 Å². The lowest BCUT2D eigenvalue weighted by atomic mass is 10.0. The van der Waals surface area contributed by atoms with Crippen molar-refractivity contribution < 1.29 is 9.53 Å². The summed E-state index contributed by atoms with van der Waals surface area (Å²) in [6.07, 6.45) is 2.94. The average Bonchev–Trinajstić information content (AvgIpc) is 2.68. The standard InChI is InChI=1S/C13H23BrN2O2/c1-13(4-2-11-18-13)12(17)16-7-3-6-15(8-5-14)9-10-16/h2-11H2,1H3. The molecule has 0 bridgehead atoms. The number of carbonyl (C=O) groups excluding carboxylic acids is 1. The molecule has 2 fully saturated rings. The number of alkyl halides is 1. The summed E-state index contributed by atoms with van der Waals surface area (Å²) < 4.78 is 5.66. The van der Waals surface area contributed by atoms with Gasteiger partial charge in [0, 0.05) is 38.1 Å². The molecule has 104 valence electrons. The van der Waals surface area contributed by atoms with E-state index in [0.717, 1.165) is 63.9 Å². The third kappa shape index (κ3) is 3.25. The summed E-state index contributed by atoms with van der Waals surface area (Å²) in [5.74, 6) is 0.195. The minimum atomic E-state index is -0.551. The molecule has 0 aliphatic carbocycles. The van der Waals surface area contributed by atoms with E-state index in [9.17, 15) is 4.79 Å². The van der Waals surface area contributed by atoms with Crippen LogP contribution in [0, 0.1) is 0 Å². The van der Waals surface area contributed by atoms with Gasteiger partial charge in [-0.25, -0.2) is 0 Å². The van der Waals surface area contributed by atoms with E-state index in [0.29, 0.717) is 0 Å². The molecule has 1 atom stereocenters. The Morgan fingerprint density at radius 2 is 2.11 bits per heavy atom. The molecule has 5 heteroatoms. The van der Waals surface area contributed by atoms with Gasteiger partial charge in [-0.2, -0.15) is 0 Å². The molecule has 2 rings (SSSR count). The molecule has 1 amide bonds. The highest BCUT2D eigenvalue weighted by Crippen LogP contribution is 2.27. The number of rotatable bonds is 3. The van der Waals surface area contributed by atoms with Crippen LogP contribution in [0.4, 0.5) is 0 Å². The molecule has 2 saturated heterocycles. The number of nitrogens with zero attached hydrogens (tertiary/aromatic N) is 2. The lowest BCUT2D eigenvalue weighted by Crippen LogP contribution is -2.48. The van der Waals surface area contributed by atoms with Gasteiger partial charge in [-0.15, -0.1) is 0 Å². The predicted molar refractivity (Wildman–Crippen MR) is 75.0 cm³/mol. The lowest BCUT2D eigenvalue weighted by Gasteiger charge is -2.30. The molecule has 0 N–H and O–H groups in total. The zero-order chi connectivity index (χ0) is 13.0. The van der Waals surface area contributed by atoms with Gasteiger partial charge in [-0.1, -0.05) is 15.9 Å². The van der Waals surface area contributed by atoms with Gasteiger partial charge >= 0.3 is 0 Å². The second-order valence-corrected chi connectivity index (χ2v) is 6.15. The van der Waals surface area contributed by atoms with Crippen molar-refractivity contribution in [2.75, 3.05) is 44.7 Å². The van der Waals surface area contributed by atoms with E-state index in [2.05, 4.69) is 20.8 Å². The molecular weight excluding hydrogens is 296 g/mol. The quantitative estimate of drug-likeness (QED) is 0.739. The zero-order valence-electron chi connectivity index (χ0n) is 11.2. The maximum absolute atomic E-state index is 12.5. The smallest absolute Gasteiger partial charge is 0.254 e. The molecule has 4 nitrogen and oxygen atoms in total. The van der Waals surface area contributed by atoms with Crippen LogP contribution in [0.2, 0.25) is 0 Å². The Balaban J connectivity index is 1.91. The summed E-state index contributed by atoms with van der Waals surface area (Å²) in [6.45, 7) is 7.52. The summed E-state index contributed by atoms with van der Waals surface area (Å²) in [4.78, 5) is 16.9. The van der Waals surface area contributed by atoms with Gasteiger partial charge in [-0.3, -0.25) is 4.79 Å². The third-order valence-electron chi connectivity index (χ3n) is 3.95. The van der Waals surface area contributed by atoms with Gasteiger partial charge < -0.3 is 14.5 Å². The van der Waals surface area contributed by atoms with E-state index in [4.69, 9.17) is 4.74 Å². The molecule has 2 aliphatic rings. The summed E-state index contributed by atoms with van der Waals surface area (Å²) in [6, 6.07) is 0. The van der Waals surface area contributed by atoms with Gasteiger partial charge in [0.25, 0.3) is 5.91 Å². The first-order chi connectivity index (χ1) is 8.65. The molecule has 2 heterocycles. The second-order valence-electron chi connectivity index (χ2n) is 5.36. The highest BCUT2D eigenvalue weighted by atomic mass is 79.9. The van der Waals surface area contributed by atoms with Crippen molar-refractivity contribution >= 4 is 21.8 Å². The zero-order valence-corrected chi connectivity index (χ0v) is 12.7. The van der Waals surface area contributed by atoms with Crippen molar-refractivity contribution in [3.8, 4) is 0 Å². The van der Waals surface area contributed by atoms with E-state index < -0.39 is 5.60 Å². The Labute approximate surface area is 118 Å². The van der Waals surface area contributed by atoms with Crippen molar-refractivity contribution in [2.24, 2.45) is 0 Å². The fourth-order valence-electron chi connectivity index (χ4n) is 2.80. The summed E-state index contributed by atoms with van der Waals surface area (Å²) in [5.41, 5.74) is -0.551. The first kappa shape index (κ1) is 14.3. The van der Waals surface area contributed by atoms with Crippen molar-refractivity contribution in [3.63, 3.8) is 0 Å². The molecule has 0 radical (unpaired) electrons. The van der Waals surface area contributed by atoms with Crippen LogP contribution >= 0.6 is 15.9 Å². The molecule has 0 aromatic carbocycles. The normalized spacial score (nSPS) is 30.4. The molecular formula is C13H23BrN2O2. The first-order valence-corrected chi connectivity index (χ1v) is 7.99. The van der Waals surface area contributed by atoms with Crippen LogP contribution in [-0.2, 0) is 9.53 Å². The first-order valence-electron chi connectivity index (χ1n) is 6.87. The van der Waals surface area contributed by atoms with Gasteiger partial charge in [0.2, 0.25) is 0 Å². The fraction of sp³-hybridized carbons (Fsp3) is 0.923. The molecule has 0 saturated carbocycles. The van der Waals surface area contributed by atoms with Crippen LogP contribution in [0.1, 0.15) is 26.2 Å². The van der Waals surface area contributed by atoms with Crippen molar-refractivity contribution in [1.29, 1.82) is 0 Å². The van der Waals surface area contributed by atoms with E-state index in [-0.39, 0.29) is 5.91 Å². The SMILES string of the molecule is CC1(C(=O)N2CCCN(CCBr)CC2)CCCO1. The monoisotopic (exact) mass is 318 g/mol. The Morgan fingerprint density at radius 3 is 2.78 bits per heavy atom. The van der Waals surface area contributed by atoms with Crippen LogP contribution in [0.25, 0.3) is 0 Å². The van der Waals surface area contributed by atoms with E-state index >= 15 is 0 Å². The fourth-order valence-corrected chi connectivity index (χ4v) is 3.30. The Bertz CT molecular complexity index is 293. The number of hydrogen-bond donors (Lipinski definition) is 0. The van der Waals surface area contributed by atoms with Crippen LogP contribution in [0.3, 0.4) is 0 Å². The van der Waals surface area contributed by atoms with Gasteiger partial charge in [0.05, 0.1) is 0 Å². The highest BCUT2D eigenvalue weighted by molar-refractivity contribution is 9.09. The summed E-state index contributed by atoms with van der Waals surface area (Å²) in [7, 11) is 0. The predicted octanol–water partition coefficient (Wildman–Crippen LogP) is 1.48. The number of carbonyl (C=O) groups is 1. The molecule has 2 aliphatic heterocycles. The van der Waals surface area contributed by atoms with Crippen molar-refractivity contribution in [2.45, 2.75) is 31.8 Å². The lowest BCUT2D eigenvalue weighted by molar-refractivity contribution is -0.150. The van der Waals surface area contributed by atoms with Crippen LogP contribution in [-0.4, -0.2) is 66.0 Å². The highest BCUT2D eigenvalue weighted by Gasteiger charge is 2.40. The Morgan fingerprint density at radius 1 is 1.28 bits per heavy atom.